The number of aromatic amines is 1. The molecule has 0 unspecified atom stereocenters. The standard InChI is InChI=1S/C17H23N3O2S/c1-11-5-3-4-6-13(11)18-16(21)10-23-17-19-14-8-7-12(22-2)9-15(14)20-17/h7-9,11,13H,3-6,10H2,1-2H3,(H,18,21)(H,19,20)/t11-,13-/m1/s1. The fourth-order valence-corrected chi connectivity index (χ4v) is 3.77. The Labute approximate surface area is 140 Å². The second-order valence-corrected chi connectivity index (χ2v) is 7.11. The lowest BCUT2D eigenvalue weighted by Gasteiger charge is -2.29. The summed E-state index contributed by atoms with van der Waals surface area (Å²) in [5.41, 5.74) is 1.81. The number of thioether (sulfide) groups is 1. The van der Waals surface area contributed by atoms with Crippen LogP contribution in [0.4, 0.5) is 0 Å². The Morgan fingerprint density at radius 1 is 1.43 bits per heavy atom. The number of imidazole rings is 1. The van der Waals surface area contributed by atoms with Gasteiger partial charge in [-0.1, -0.05) is 31.5 Å². The van der Waals surface area contributed by atoms with Crippen molar-refractivity contribution < 1.29 is 9.53 Å². The maximum atomic E-state index is 12.2. The molecule has 1 saturated carbocycles. The monoisotopic (exact) mass is 333 g/mol. The van der Waals surface area contributed by atoms with Crippen LogP contribution in [-0.4, -0.2) is 34.8 Å². The summed E-state index contributed by atoms with van der Waals surface area (Å²) in [6.07, 6.45) is 4.81. The Kier molecular flexibility index (Phi) is 5.10. The Hall–Kier alpha value is -1.69. The molecule has 0 spiro atoms. The minimum Gasteiger partial charge on any atom is -0.497 e. The van der Waals surface area contributed by atoms with Gasteiger partial charge in [-0.05, 0) is 30.9 Å². The van der Waals surface area contributed by atoms with Crippen LogP contribution in [0.3, 0.4) is 0 Å². The molecular formula is C17H23N3O2S. The molecule has 1 aliphatic rings. The van der Waals surface area contributed by atoms with Crippen LogP contribution in [-0.2, 0) is 4.79 Å². The van der Waals surface area contributed by atoms with Crippen LogP contribution >= 0.6 is 11.8 Å². The zero-order valence-electron chi connectivity index (χ0n) is 13.6. The van der Waals surface area contributed by atoms with Gasteiger partial charge in [-0.2, -0.15) is 0 Å². The van der Waals surface area contributed by atoms with Gasteiger partial charge < -0.3 is 15.0 Å². The topological polar surface area (TPSA) is 67.0 Å². The smallest absolute Gasteiger partial charge is 0.230 e. The van der Waals surface area contributed by atoms with Crippen molar-refractivity contribution in [1.29, 1.82) is 0 Å². The number of amides is 1. The number of aromatic nitrogens is 2. The SMILES string of the molecule is COc1ccc2nc(SCC(=O)N[C@@H]3CCCC[C@H]3C)[nH]c2c1. The van der Waals surface area contributed by atoms with E-state index < -0.39 is 0 Å². The lowest BCUT2D eigenvalue weighted by atomic mass is 9.86. The molecule has 5 nitrogen and oxygen atoms in total. The van der Waals surface area contributed by atoms with Gasteiger partial charge in [0.15, 0.2) is 5.16 Å². The number of hydrogen-bond acceptors (Lipinski definition) is 4. The summed E-state index contributed by atoms with van der Waals surface area (Å²) in [4.78, 5) is 19.9. The summed E-state index contributed by atoms with van der Waals surface area (Å²) < 4.78 is 5.21. The van der Waals surface area contributed by atoms with Crippen LogP contribution in [0.25, 0.3) is 11.0 Å². The summed E-state index contributed by atoms with van der Waals surface area (Å²) in [5, 5.41) is 3.93. The normalized spacial score (nSPS) is 21.3. The first kappa shape index (κ1) is 16.2. The van der Waals surface area contributed by atoms with Gasteiger partial charge in [0.05, 0.1) is 23.9 Å². The molecule has 2 N–H and O–H groups in total. The van der Waals surface area contributed by atoms with E-state index in [4.69, 9.17) is 4.74 Å². The van der Waals surface area contributed by atoms with Gasteiger partial charge in [-0.15, -0.1) is 0 Å². The second kappa shape index (κ2) is 7.25. The molecule has 0 aliphatic heterocycles. The molecule has 1 heterocycles. The number of nitrogens with one attached hydrogen (secondary N) is 2. The van der Waals surface area contributed by atoms with E-state index in [2.05, 4.69) is 22.2 Å². The molecule has 1 aliphatic carbocycles. The summed E-state index contributed by atoms with van der Waals surface area (Å²) in [6, 6.07) is 6.04. The largest absolute Gasteiger partial charge is 0.497 e. The Morgan fingerprint density at radius 2 is 2.26 bits per heavy atom. The molecule has 124 valence electrons. The molecule has 6 heteroatoms. The van der Waals surface area contributed by atoms with Crippen LogP contribution in [0, 0.1) is 5.92 Å². The van der Waals surface area contributed by atoms with E-state index in [1.165, 1.54) is 31.0 Å². The predicted molar refractivity (Wildman–Crippen MR) is 92.9 cm³/mol. The van der Waals surface area contributed by atoms with Gasteiger partial charge in [0.25, 0.3) is 0 Å². The van der Waals surface area contributed by atoms with Crippen molar-refractivity contribution in [3.63, 3.8) is 0 Å². The summed E-state index contributed by atoms with van der Waals surface area (Å²) >= 11 is 1.44. The molecule has 23 heavy (non-hydrogen) atoms. The number of rotatable bonds is 5. The molecule has 1 fully saturated rings. The van der Waals surface area contributed by atoms with E-state index in [-0.39, 0.29) is 5.91 Å². The van der Waals surface area contributed by atoms with Crippen LogP contribution in [0.15, 0.2) is 23.4 Å². The number of carbonyl (C=O) groups excluding carboxylic acids is 1. The summed E-state index contributed by atoms with van der Waals surface area (Å²) in [5.74, 6) is 1.85. The second-order valence-electron chi connectivity index (χ2n) is 6.15. The number of ether oxygens (including phenoxy) is 1. The molecule has 2 atom stereocenters. The van der Waals surface area contributed by atoms with Gasteiger partial charge in [0, 0.05) is 12.1 Å². The highest BCUT2D eigenvalue weighted by molar-refractivity contribution is 7.99. The first-order chi connectivity index (χ1) is 11.2. The number of methoxy groups -OCH3 is 1. The average Bonchev–Trinajstić information content (AvgIpc) is 2.97. The van der Waals surface area contributed by atoms with Crippen LogP contribution < -0.4 is 10.1 Å². The first-order valence-electron chi connectivity index (χ1n) is 8.11. The molecule has 2 aromatic rings. The zero-order chi connectivity index (χ0) is 16.2. The number of fused-ring (bicyclic) bond motifs is 1. The molecule has 1 aromatic carbocycles. The maximum Gasteiger partial charge on any atom is 0.230 e. The highest BCUT2D eigenvalue weighted by atomic mass is 32.2. The van der Waals surface area contributed by atoms with E-state index in [0.717, 1.165) is 28.4 Å². The maximum absolute atomic E-state index is 12.2. The molecule has 3 rings (SSSR count). The number of hydrogen-bond donors (Lipinski definition) is 2. The lowest BCUT2D eigenvalue weighted by molar-refractivity contribution is -0.119. The average molecular weight is 333 g/mol. The van der Waals surface area contributed by atoms with E-state index in [9.17, 15) is 4.79 Å². The first-order valence-corrected chi connectivity index (χ1v) is 9.10. The minimum absolute atomic E-state index is 0.0896. The quantitative estimate of drug-likeness (QED) is 0.824. The van der Waals surface area contributed by atoms with Gasteiger partial charge in [0.2, 0.25) is 5.91 Å². The van der Waals surface area contributed by atoms with Crippen LogP contribution in [0.1, 0.15) is 32.6 Å². The van der Waals surface area contributed by atoms with E-state index in [1.54, 1.807) is 7.11 Å². The highest BCUT2D eigenvalue weighted by Gasteiger charge is 2.22. The lowest BCUT2D eigenvalue weighted by Crippen LogP contribution is -2.41. The van der Waals surface area contributed by atoms with E-state index >= 15 is 0 Å². The fourth-order valence-electron chi connectivity index (χ4n) is 3.07. The zero-order valence-corrected chi connectivity index (χ0v) is 14.4. The summed E-state index contributed by atoms with van der Waals surface area (Å²) in [6.45, 7) is 2.23. The van der Waals surface area contributed by atoms with Crippen LogP contribution in [0.5, 0.6) is 5.75 Å². The third-order valence-electron chi connectivity index (χ3n) is 4.47. The van der Waals surface area contributed by atoms with Crippen LogP contribution in [0.2, 0.25) is 0 Å². The third kappa shape index (κ3) is 3.99. The number of H-pyrrole nitrogens is 1. The van der Waals surface area contributed by atoms with E-state index in [1.807, 2.05) is 18.2 Å². The van der Waals surface area contributed by atoms with Crippen molar-refractivity contribution in [3.8, 4) is 5.75 Å². The third-order valence-corrected chi connectivity index (χ3v) is 5.34. The molecular weight excluding hydrogens is 310 g/mol. The van der Waals surface area contributed by atoms with Crippen molar-refractivity contribution in [2.24, 2.45) is 5.92 Å². The van der Waals surface area contributed by atoms with Crippen molar-refractivity contribution in [2.75, 3.05) is 12.9 Å². The Morgan fingerprint density at radius 3 is 3.04 bits per heavy atom. The van der Waals surface area contributed by atoms with Gasteiger partial charge >= 0.3 is 0 Å². The Balaban J connectivity index is 1.56. The molecule has 0 bridgehead atoms. The van der Waals surface area contributed by atoms with Gasteiger partial charge in [0.1, 0.15) is 5.75 Å². The Bertz CT molecular complexity index is 686. The number of carbonyl (C=O) groups is 1. The van der Waals surface area contributed by atoms with Gasteiger partial charge in [-0.25, -0.2) is 4.98 Å². The van der Waals surface area contributed by atoms with E-state index in [0.29, 0.717) is 17.7 Å². The van der Waals surface area contributed by atoms with Crippen molar-refractivity contribution in [2.45, 2.75) is 43.8 Å². The highest BCUT2D eigenvalue weighted by Crippen LogP contribution is 2.25. The molecule has 1 aromatic heterocycles. The summed E-state index contributed by atoms with van der Waals surface area (Å²) in [7, 11) is 1.64. The van der Waals surface area contributed by atoms with Crippen molar-refractivity contribution >= 4 is 28.7 Å². The molecule has 1 amide bonds. The van der Waals surface area contributed by atoms with Crippen molar-refractivity contribution in [3.05, 3.63) is 18.2 Å². The molecule has 0 saturated heterocycles. The minimum atomic E-state index is 0.0896. The predicted octanol–water partition coefficient (Wildman–Crippen LogP) is 3.36. The number of nitrogens with zero attached hydrogens (tertiary/aromatic N) is 1. The van der Waals surface area contributed by atoms with Crippen molar-refractivity contribution in [1.82, 2.24) is 15.3 Å². The van der Waals surface area contributed by atoms with Gasteiger partial charge in [-0.3, -0.25) is 4.79 Å². The molecule has 0 radical (unpaired) electrons. The number of benzene rings is 1. The fraction of sp³-hybridized carbons (Fsp3) is 0.529.